The number of aromatic amines is 1. The van der Waals surface area contributed by atoms with Crippen LogP contribution in [0.4, 0.5) is 0 Å². The number of H-pyrrole nitrogens is 1. The molecule has 1 aliphatic carbocycles. The van der Waals surface area contributed by atoms with Crippen molar-refractivity contribution in [3.8, 4) is 11.4 Å². The predicted octanol–water partition coefficient (Wildman–Crippen LogP) is 3.01. The number of hydrogen-bond acceptors (Lipinski definition) is 8. The van der Waals surface area contributed by atoms with Crippen molar-refractivity contribution in [2.45, 2.75) is 46.0 Å². The summed E-state index contributed by atoms with van der Waals surface area (Å²) in [6.45, 7) is 5.80. The van der Waals surface area contributed by atoms with E-state index in [1.165, 1.54) is 0 Å². The van der Waals surface area contributed by atoms with Gasteiger partial charge in [0.25, 0.3) is 0 Å². The second-order valence-electron chi connectivity index (χ2n) is 6.96. The largest absolute Gasteiger partial charge is 0.461 e. The fraction of sp³-hybridized carbons (Fsp3) is 0.400. The van der Waals surface area contributed by atoms with Crippen LogP contribution in [-0.2, 0) is 11.2 Å². The average Bonchev–Trinajstić information content (AvgIpc) is 3.24. The highest BCUT2D eigenvalue weighted by molar-refractivity contribution is 6.15. The number of rotatable bonds is 7. The van der Waals surface area contributed by atoms with Crippen LogP contribution < -0.4 is 0 Å². The maximum atomic E-state index is 13.6. The summed E-state index contributed by atoms with van der Waals surface area (Å²) in [5.41, 5.74) is 3.26. The molecule has 0 radical (unpaired) electrons. The first kappa shape index (κ1) is 19.0. The Hall–Kier alpha value is -3.36. The van der Waals surface area contributed by atoms with Crippen LogP contribution >= 0.6 is 0 Å². The van der Waals surface area contributed by atoms with E-state index < -0.39 is 5.97 Å². The van der Waals surface area contributed by atoms with Crippen molar-refractivity contribution in [1.29, 1.82) is 0 Å². The number of nitrogens with zero attached hydrogens (tertiary/aromatic N) is 4. The highest BCUT2D eigenvalue weighted by Gasteiger charge is 2.38. The molecule has 0 atom stereocenters. The van der Waals surface area contributed by atoms with E-state index in [0.717, 1.165) is 29.5 Å². The number of nitrogens with one attached hydrogen (secondary N) is 1. The van der Waals surface area contributed by atoms with Crippen molar-refractivity contribution in [3.63, 3.8) is 0 Å². The number of benzene rings is 1. The Morgan fingerprint density at radius 3 is 2.69 bits per heavy atom. The molecule has 0 spiro atoms. The lowest BCUT2D eigenvalue weighted by Crippen LogP contribution is -2.15. The first-order chi connectivity index (χ1) is 14.1. The molecule has 2 heterocycles. The molecule has 0 aliphatic heterocycles. The summed E-state index contributed by atoms with van der Waals surface area (Å²) in [5.74, 6) is 0.202. The van der Waals surface area contributed by atoms with E-state index in [4.69, 9.17) is 9.26 Å². The average molecular weight is 395 g/mol. The monoisotopic (exact) mass is 395 g/mol. The van der Waals surface area contributed by atoms with Gasteiger partial charge in [-0.3, -0.25) is 4.79 Å². The van der Waals surface area contributed by atoms with E-state index in [0.29, 0.717) is 23.6 Å². The Kier molecular flexibility index (Phi) is 4.96. The van der Waals surface area contributed by atoms with Crippen molar-refractivity contribution < 1.29 is 18.8 Å². The molecule has 0 bridgehead atoms. The number of hydrogen-bond donors (Lipinski definition) is 1. The number of ether oxygens (including phenoxy) is 1. The highest BCUT2D eigenvalue weighted by Crippen LogP contribution is 2.43. The van der Waals surface area contributed by atoms with Crippen LogP contribution in [-0.4, -0.2) is 44.1 Å². The van der Waals surface area contributed by atoms with Crippen LogP contribution in [0.1, 0.15) is 75.9 Å². The summed E-state index contributed by atoms with van der Waals surface area (Å²) < 4.78 is 10.5. The fourth-order valence-electron chi connectivity index (χ4n) is 3.57. The number of carbonyl (C=O) groups is 2. The van der Waals surface area contributed by atoms with Crippen molar-refractivity contribution in [3.05, 3.63) is 45.8 Å². The number of ketones is 1. The summed E-state index contributed by atoms with van der Waals surface area (Å²) in [5, 5.41) is 17.8. The van der Waals surface area contributed by atoms with Gasteiger partial charge in [0, 0.05) is 17.0 Å². The molecule has 1 N–H and O–H groups in total. The van der Waals surface area contributed by atoms with E-state index in [1.54, 1.807) is 19.1 Å². The van der Waals surface area contributed by atoms with Crippen molar-refractivity contribution in [2.24, 2.45) is 0 Å². The Morgan fingerprint density at radius 2 is 2.07 bits per heavy atom. The third-order valence-corrected chi connectivity index (χ3v) is 5.16. The van der Waals surface area contributed by atoms with Gasteiger partial charge in [0.05, 0.1) is 6.61 Å². The Balaban J connectivity index is 1.82. The topological polar surface area (TPSA) is 124 Å². The zero-order chi connectivity index (χ0) is 20.5. The van der Waals surface area contributed by atoms with Gasteiger partial charge in [0.2, 0.25) is 5.69 Å². The Bertz CT molecular complexity index is 1070. The standard InChI is InChI=1S/C20H21N5O4/c1-4-12-10(3)13(19-21-24-25-22-19)8-9-14(12)17(26)15-16(20(27)28-5-2)23-29-18(15)11-6-7-11/h8-9,11H,4-7H2,1-3H3,(H,21,22,24,25). The normalized spacial score (nSPS) is 13.5. The third kappa shape index (κ3) is 3.32. The molecule has 1 aliphatic rings. The van der Waals surface area contributed by atoms with Gasteiger partial charge in [-0.2, -0.15) is 0 Å². The lowest BCUT2D eigenvalue weighted by Gasteiger charge is -2.13. The zero-order valence-electron chi connectivity index (χ0n) is 16.5. The first-order valence-electron chi connectivity index (χ1n) is 9.64. The van der Waals surface area contributed by atoms with Gasteiger partial charge in [-0.05, 0) is 54.7 Å². The van der Waals surface area contributed by atoms with Crippen LogP contribution in [0.15, 0.2) is 16.7 Å². The lowest BCUT2D eigenvalue weighted by molar-refractivity contribution is 0.0512. The van der Waals surface area contributed by atoms with Gasteiger partial charge >= 0.3 is 5.97 Å². The molecule has 1 fully saturated rings. The lowest BCUT2D eigenvalue weighted by atomic mass is 9.89. The van der Waals surface area contributed by atoms with Gasteiger partial charge in [0.15, 0.2) is 17.4 Å². The van der Waals surface area contributed by atoms with Crippen LogP contribution in [0, 0.1) is 6.92 Å². The molecule has 150 valence electrons. The minimum atomic E-state index is -0.648. The fourth-order valence-corrected chi connectivity index (χ4v) is 3.57. The zero-order valence-corrected chi connectivity index (χ0v) is 16.5. The first-order valence-corrected chi connectivity index (χ1v) is 9.64. The molecule has 2 aromatic heterocycles. The van der Waals surface area contributed by atoms with Crippen LogP contribution in [0.3, 0.4) is 0 Å². The number of tetrazole rings is 1. The second-order valence-corrected chi connectivity index (χ2v) is 6.96. The molecular formula is C20H21N5O4. The third-order valence-electron chi connectivity index (χ3n) is 5.16. The molecule has 29 heavy (non-hydrogen) atoms. The summed E-state index contributed by atoms with van der Waals surface area (Å²) in [6, 6.07) is 3.54. The van der Waals surface area contributed by atoms with Crippen molar-refractivity contribution in [1.82, 2.24) is 25.8 Å². The van der Waals surface area contributed by atoms with E-state index in [1.807, 2.05) is 13.8 Å². The number of aromatic nitrogens is 5. The van der Waals surface area contributed by atoms with Gasteiger partial charge in [0.1, 0.15) is 5.56 Å². The van der Waals surface area contributed by atoms with Crippen molar-refractivity contribution >= 4 is 11.8 Å². The second kappa shape index (κ2) is 7.57. The molecule has 1 aromatic carbocycles. The maximum absolute atomic E-state index is 13.6. The molecule has 4 rings (SSSR count). The van der Waals surface area contributed by atoms with Crippen LogP contribution in [0.2, 0.25) is 0 Å². The molecule has 0 saturated heterocycles. The molecule has 3 aromatic rings. The van der Waals surface area contributed by atoms with E-state index in [9.17, 15) is 9.59 Å². The number of esters is 1. The molecule has 1 saturated carbocycles. The molecule has 9 nitrogen and oxygen atoms in total. The van der Waals surface area contributed by atoms with Crippen molar-refractivity contribution in [2.75, 3.05) is 6.61 Å². The molecule has 9 heteroatoms. The van der Waals surface area contributed by atoms with Gasteiger partial charge in [-0.15, -0.1) is 5.10 Å². The summed E-state index contributed by atoms with van der Waals surface area (Å²) in [6.07, 6.45) is 2.45. The van der Waals surface area contributed by atoms with Crippen LogP contribution in [0.5, 0.6) is 0 Å². The summed E-state index contributed by atoms with van der Waals surface area (Å²) in [7, 11) is 0. The van der Waals surface area contributed by atoms with Gasteiger partial charge in [-0.1, -0.05) is 24.2 Å². The highest BCUT2D eigenvalue weighted by atomic mass is 16.5. The quantitative estimate of drug-likeness (QED) is 0.478. The summed E-state index contributed by atoms with van der Waals surface area (Å²) >= 11 is 0. The van der Waals surface area contributed by atoms with E-state index >= 15 is 0 Å². The van der Waals surface area contributed by atoms with E-state index in [2.05, 4.69) is 25.8 Å². The van der Waals surface area contributed by atoms with Gasteiger partial charge in [-0.25, -0.2) is 9.89 Å². The molecular weight excluding hydrogens is 374 g/mol. The predicted molar refractivity (Wildman–Crippen MR) is 102 cm³/mol. The maximum Gasteiger partial charge on any atom is 0.361 e. The van der Waals surface area contributed by atoms with E-state index in [-0.39, 0.29) is 29.6 Å². The Morgan fingerprint density at radius 1 is 1.28 bits per heavy atom. The number of carbonyl (C=O) groups excluding carboxylic acids is 2. The molecule has 0 amide bonds. The smallest absolute Gasteiger partial charge is 0.361 e. The van der Waals surface area contributed by atoms with Gasteiger partial charge < -0.3 is 9.26 Å². The summed E-state index contributed by atoms with van der Waals surface area (Å²) in [4.78, 5) is 25.9. The SMILES string of the molecule is CCOC(=O)c1noc(C2CC2)c1C(=O)c1ccc(-c2nnn[nH]2)c(C)c1CC. The minimum absolute atomic E-state index is 0.0537. The minimum Gasteiger partial charge on any atom is -0.461 e. The Labute approximate surface area is 166 Å². The van der Waals surface area contributed by atoms with Crippen LogP contribution in [0.25, 0.3) is 11.4 Å². The molecule has 0 unspecified atom stereocenters.